The summed E-state index contributed by atoms with van der Waals surface area (Å²) in [5.41, 5.74) is 1.94. The van der Waals surface area contributed by atoms with E-state index in [0.717, 1.165) is 37.9 Å². The molecule has 1 N–H and O–H groups in total. The molecule has 1 aromatic carbocycles. The van der Waals surface area contributed by atoms with Gasteiger partial charge in [0.25, 0.3) is 0 Å². The van der Waals surface area contributed by atoms with Gasteiger partial charge in [-0.3, -0.25) is 4.90 Å². The highest BCUT2D eigenvalue weighted by Gasteiger charge is 2.20. The Morgan fingerprint density at radius 1 is 1.14 bits per heavy atom. The fraction of sp³-hybridized carbons (Fsp3) is 0.400. The highest BCUT2D eigenvalue weighted by molar-refractivity contribution is 7.19. The van der Waals surface area contributed by atoms with Crippen molar-refractivity contribution >= 4 is 28.1 Å². The lowest BCUT2D eigenvalue weighted by Crippen LogP contribution is -2.45. The Hall–Kier alpha value is -1.14. The Labute approximate surface area is 133 Å². The van der Waals surface area contributed by atoms with E-state index in [1.807, 2.05) is 6.07 Å². The van der Waals surface area contributed by atoms with Crippen LogP contribution in [0.1, 0.15) is 11.3 Å². The van der Waals surface area contributed by atoms with Crippen molar-refractivity contribution in [2.45, 2.75) is 13.2 Å². The number of aliphatic hydroxyl groups is 1. The number of benzene rings is 1. The maximum Gasteiger partial charge on any atom is 0.187 e. The Kier molecular flexibility index (Phi) is 4.75. The third-order valence-corrected chi connectivity index (χ3v) is 5.08. The van der Waals surface area contributed by atoms with Gasteiger partial charge in [0.05, 0.1) is 12.3 Å². The van der Waals surface area contributed by atoms with Gasteiger partial charge >= 0.3 is 0 Å². The van der Waals surface area contributed by atoms with Gasteiger partial charge in [0, 0.05) is 32.7 Å². The van der Waals surface area contributed by atoms with E-state index >= 15 is 0 Å². The number of aliphatic hydroxyl groups excluding tert-OH is 1. The van der Waals surface area contributed by atoms with E-state index in [4.69, 9.17) is 16.7 Å². The van der Waals surface area contributed by atoms with E-state index in [9.17, 15) is 0 Å². The molecule has 0 spiro atoms. The average Bonchev–Trinajstić information content (AvgIpc) is 2.90. The molecule has 6 heteroatoms. The van der Waals surface area contributed by atoms with E-state index in [1.165, 1.54) is 16.9 Å². The zero-order chi connectivity index (χ0) is 14.7. The molecule has 1 saturated heterocycles. The lowest BCUT2D eigenvalue weighted by molar-refractivity contribution is 0.249. The van der Waals surface area contributed by atoms with E-state index in [0.29, 0.717) is 10.0 Å². The van der Waals surface area contributed by atoms with Crippen molar-refractivity contribution < 1.29 is 5.11 Å². The summed E-state index contributed by atoms with van der Waals surface area (Å²) in [5, 5.41) is 10.1. The van der Waals surface area contributed by atoms with E-state index in [1.54, 1.807) is 0 Å². The summed E-state index contributed by atoms with van der Waals surface area (Å²) in [6.07, 6.45) is 0. The Morgan fingerprint density at radius 2 is 1.86 bits per heavy atom. The van der Waals surface area contributed by atoms with Crippen LogP contribution in [-0.2, 0) is 13.2 Å². The smallest absolute Gasteiger partial charge is 0.187 e. The topological polar surface area (TPSA) is 39.6 Å². The number of halogens is 1. The monoisotopic (exact) mass is 323 g/mol. The molecule has 0 radical (unpaired) electrons. The second-order valence-electron chi connectivity index (χ2n) is 5.12. The van der Waals surface area contributed by atoms with Crippen LogP contribution in [0.3, 0.4) is 0 Å². The highest BCUT2D eigenvalue weighted by atomic mass is 35.5. The molecule has 21 heavy (non-hydrogen) atoms. The van der Waals surface area contributed by atoms with Crippen LogP contribution in [0.25, 0.3) is 0 Å². The Morgan fingerprint density at radius 3 is 2.48 bits per heavy atom. The lowest BCUT2D eigenvalue weighted by atomic mass is 10.2. The summed E-state index contributed by atoms with van der Waals surface area (Å²) in [7, 11) is 0. The second kappa shape index (κ2) is 6.75. The van der Waals surface area contributed by atoms with E-state index < -0.39 is 0 Å². The first-order chi connectivity index (χ1) is 10.3. The van der Waals surface area contributed by atoms with Gasteiger partial charge in [-0.05, 0) is 5.56 Å². The van der Waals surface area contributed by atoms with Crippen molar-refractivity contribution in [2.75, 3.05) is 31.1 Å². The van der Waals surface area contributed by atoms with Crippen molar-refractivity contribution in [3.05, 3.63) is 45.9 Å². The zero-order valence-electron chi connectivity index (χ0n) is 11.7. The van der Waals surface area contributed by atoms with Gasteiger partial charge in [0.2, 0.25) is 0 Å². The van der Waals surface area contributed by atoms with Gasteiger partial charge in [-0.25, -0.2) is 4.98 Å². The van der Waals surface area contributed by atoms with Crippen LogP contribution in [0.4, 0.5) is 5.13 Å². The van der Waals surface area contributed by atoms with Crippen molar-refractivity contribution in [3.63, 3.8) is 0 Å². The molecule has 112 valence electrons. The van der Waals surface area contributed by atoms with Crippen LogP contribution in [0.15, 0.2) is 30.3 Å². The number of aromatic nitrogens is 1. The molecule has 3 rings (SSSR count). The summed E-state index contributed by atoms with van der Waals surface area (Å²) < 4.78 is 0.596. The van der Waals surface area contributed by atoms with Gasteiger partial charge < -0.3 is 10.0 Å². The number of piperazine rings is 1. The molecule has 2 heterocycles. The first kappa shape index (κ1) is 14.8. The first-order valence-corrected chi connectivity index (χ1v) is 8.23. The maximum absolute atomic E-state index is 9.17. The summed E-state index contributed by atoms with van der Waals surface area (Å²) >= 11 is 7.51. The summed E-state index contributed by atoms with van der Waals surface area (Å²) in [4.78, 5) is 9.10. The number of anilines is 1. The van der Waals surface area contributed by atoms with Gasteiger partial charge in [0.15, 0.2) is 5.13 Å². The molecule has 0 bridgehead atoms. The third kappa shape index (κ3) is 3.55. The Bertz CT molecular complexity index is 582. The third-order valence-electron chi connectivity index (χ3n) is 3.68. The zero-order valence-corrected chi connectivity index (χ0v) is 13.3. The average molecular weight is 324 g/mol. The summed E-state index contributed by atoms with van der Waals surface area (Å²) in [5.74, 6) is 0. The van der Waals surface area contributed by atoms with Gasteiger partial charge in [-0.15, -0.1) is 0 Å². The number of rotatable bonds is 4. The SMILES string of the molecule is OCc1nc(N2CCN(Cc3ccccc3)CC2)sc1Cl. The largest absolute Gasteiger partial charge is 0.390 e. The number of thiazole rings is 1. The fourth-order valence-electron chi connectivity index (χ4n) is 2.49. The van der Waals surface area contributed by atoms with Gasteiger partial charge in [0.1, 0.15) is 4.34 Å². The Balaban J connectivity index is 1.57. The van der Waals surface area contributed by atoms with Crippen LogP contribution >= 0.6 is 22.9 Å². The molecule has 1 aliphatic rings. The van der Waals surface area contributed by atoms with Crippen molar-refractivity contribution in [3.8, 4) is 0 Å². The molecule has 0 unspecified atom stereocenters. The van der Waals surface area contributed by atoms with Crippen LogP contribution in [0.5, 0.6) is 0 Å². The maximum atomic E-state index is 9.17. The normalized spacial score (nSPS) is 16.4. The van der Waals surface area contributed by atoms with E-state index in [2.05, 4.69) is 39.0 Å². The predicted octanol–water partition coefficient (Wildman–Crippen LogP) is 2.61. The van der Waals surface area contributed by atoms with E-state index in [-0.39, 0.29) is 6.61 Å². The minimum atomic E-state index is -0.0939. The molecule has 1 fully saturated rings. The fourth-order valence-corrected chi connectivity index (χ4v) is 3.66. The predicted molar refractivity (Wildman–Crippen MR) is 87.0 cm³/mol. The molecule has 2 aromatic rings. The molecule has 0 aliphatic carbocycles. The minimum Gasteiger partial charge on any atom is -0.390 e. The van der Waals surface area contributed by atoms with Crippen molar-refractivity contribution in [2.24, 2.45) is 0 Å². The second-order valence-corrected chi connectivity index (χ2v) is 6.70. The van der Waals surface area contributed by atoms with Gasteiger partial charge in [-0.1, -0.05) is 53.3 Å². The molecular formula is C15H18ClN3OS. The molecule has 0 amide bonds. The van der Waals surface area contributed by atoms with Gasteiger partial charge in [-0.2, -0.15) is 0 Å². The summed E-state index contributed by atoms with van der Waals surface area (Å²) in [6.45, 7) is 4.82. The standard InChI is InChI=1S/C15H18ClN3OS/c16-14-13(11-20)17-15(21-14)19-8-6-18(7-9-19)10-12-4-2-1-3-5-12/h1-5,20H,6-11H2. The van der Waals surface area contributed by atoms with Crippen LogP contribution in [0.2, 0.25) is 4.34 Å². The van der Waals surface area contributed by atoms with Crippen molar-refractivity contribution in [1.82, 2.24) is 9.88 Å². The number of nitrogens with zero attached hydrogens (tertiary/aromatic N) is 3. The molecule has 1 aliphatic heterocycles. The molecule has 0 atom stereocenters. The number of hydrogen-bond acceptors (Lipinski definition) is 5. The molecule has 4 nitrogen and oxygen atoms in total. The van der Waals surface area contributed by atoms with Crippen LogP contribution < -0.4 is 4.90 Å². The first-order valence-electron chi connectivity index (χ1n) is 7.03. The molecular weight excluding hydrogens is 306 g/mol. The quantitative estimate of drug-likeness (QED) is 0.939. The van der Waals surface area contributed by atoms with Crippen LogP contribution in [0, 0.1) is 0 Å². The van der Waals surface area contributed by atoms with Crippen molar-refractivity contribution in [1.29, 1.82) is 0 Å². The molecule has 0 saturated carbocycles. The minimum absolute atomic E-state index is 0.0939. The molecule has 1 aromatic heterocycles. The highest BCUT2D eigenvalue weighted by Crippen LogP contribution is 2.31. The van der Waals surface area contributed by atoms with Crippen LogP contribution in [-0.4, -0.2) is 41.2 Å². The summed E-state index contributed by atoms with van der Waals surface area (Å²) in [6, 6.07) is 10.5. The number of hydrogen-bond donors (Lipinski definition) is 1. The lowest BCUT2D eigenvalue weighted by Gasteiger charge is -2.34.